The summed E-state index contributed by atoms with van der Waals surface area (Å²) in [5.41, 5.74) is 4.00. The molecule has 1 fully saturated rings. The molecule has 1 aliphatic heterocycles. The smallest absolute Gasteiger partial charge is 0.264 e. The van der Waals surface area contributed by atoms with Crippen molar-refractivity contribution in [1.82, 2.24) is 4.90 Å². The molecule has 0 saturated carbocycles. The SMILES string of the molecule is CC[C@H]1CCc2sc(C(=O)N3CCN(c4cccc(C)c4)CC3)cc2C1. The molecular formula is C22H28N2OS. The molecule has 0 bridgehead atoms. The third-order valence-corrected chi connectivity index (χ3v) is 7.13. The minimum atomic E-state index is 0.237. The van der Waals surface area contributed by atoms with Gasteiger partial charge in [0.25, 0.3) is 5.91 Å². The van der Waals surface area contributed by atoms with Gasteiger partial charge in [-0.25, -0.2) is 0 Å². The van der Waals surface area contributed by atoms with Gasteiger partial charge in [0.15, 0.2) is 0 Å². The zero-order valence-corrected chi connectivity index (χ0v) is 16.6. The van der Waals surface area contributed by atoms with E-state index in [1.165, 1.54) is 34.5 Å². The highest BCUT2D eigenvalue weighted by atomic mass is 32.1. The second kappa shape index (κ2) is 7.43. The number of amides is 1. The molecule has 4 rings (SSSR count). The number of aryl methyl sites for hydroxylation is 2. The molecule has 1 saturated heterocycles. The molecule has 2 aromatic rings. The number of anilines is 1. The third-order valence-electron chi connectivity index (χ3n) is 5.91. The van der Waals surface area contributed by atoms with Crippen LogP contribution in [-0.2, 0) is 12.8 Å². The number of benzene rings is 1. The predicted octanol–water partition coefficient (Wildman–Crippen LogP) is 4.53. The zero-order chi connectivity index (χ0) is 18.1. The molecule has 1 aromatic heterocycles. The first-order chi connectivity index (χ1) is 12.6. The van der Waals surface area contributed by atoms with Crippen LogP contribution < -0.4 is 4.90 Å². The number of fused-ring (bicyclic) bond motifs is 1. The highest BCUT2D eigenvalue weighted by Gasteiger charge is 2.26. The fourth-order valence-corrected chi connectivity index (χ4v) is 5.38. The highest BCUT2D eigenvalue weighted by Crippen LogP contribution is 2.34. The molecule has 1 aliphatic carbocycles. The van der Waals surface area contributed by atoms with Crippen molar-refractivity contribution in [1.29, 1.82) is 0 Å². The van der Waals surface area contributed by atoms with E-state index in [2.05, 4.69) is 49.1 Å². The fraction of sp³-hybridized carbons (Fsp3) is 0.500. The lowest BCUT2D eigenvalue weighted by Crippen LogP contribution is -2.48. The molecule has 26 heavy (non-hydrogen) atoms. The van der Waals surface area contributed by atoms with Crippen molar-refractivity contribution < 1.29 is 4.79 Å². The van der Waals surface area contributed by atoms with Crippen LogP contribution in [0.1, 0.15) is 45.4 Å². The molecule has 0 spiro atoms. The average Bonchev–Trinajstić information content (AvgIpc) is 3.10. The monoisotopic (exact) mass is 368 g/mol. The maximum Gasteiger partial charge on any atom is 0.264 e. The number of hydrogen-bond donors (Lipinski definition) is 0. The number of nitrogens with zero attached hydrogens (tertiary/aromatic N) is 2. The average molecular weight is 369 g/mol. The quantitative estimate of drug-likeness (QED) is 0.794. The van der Waals surface area contributed by atoms with E-state index in [0.29, 0.717) is 0 Å². The van der Waals surface area contributed by atoms with Crippen LogP contribution in [0.25, 0.3) is 0 Å². The summed E-state index contributed by atoms with van der Waals surface area (Å²) in [7, 11) is 0. The second-order valence-corrected chi connectivity index (χ2v) is 8.83. The number of rotatable bonds is 3. The summed E-state index contributed by atoms with van der Waals surface area (Å²) in [5, 5.41) is 0. The van der Waals surface area contributed by atoms with Crippen LogP contribution in [-0.4, -0.2) is 37.0 Å². The van der Waals surface area contributed by atoms with E-state index in [4.69, 9.17) is 0 Å². The molecule has 3 nitrogen and oxygen atoms in total. The largest absolute Gasteiger partial charge is 0.368 e. The normalized spacial score (nSPS) is 20.2. The Morgan fingerprint density at radius 3 is 2.73 bits per heavy atom. The van der Waals surface area contributed by atoms with Gasteiger partial charge in [-0.15, -0.1) is 11.3 Å². The summed E-state index contributed by atoms with van der Waals surface area (Å²) < 4.78 is 0. The van der Waals surface area contributed by atoms with E-state index in [1.54, 1.807) is 11.3 Å². The molecule has 1 aromatic carbocycles. The van der Waals surface area contributed by atoms with Crippen LogP contribution >= 0.6 is 11.3 Å². The van der Waals surface area contributed by atoms with Gasteiger partial charge in [0.2, 0.25) is 0 Å². The molecule has 2 heterocycles. The molecule has 1 atom stereocenters. The van der Waals surface area contributed by atoms with E-state index in [0.717, 1.165) is 49.8 Å². The molecule has 4 heteroatoms. The lowest BCUT2D eigenvalue weighted by Gasteiger charge is -2.36. The van der Waals surface area contributed by atoms with E-state index < -0.39 is 0 Å². The maximum absolute atomic E-state index is 13.0. The van der Waals surface area contributed by atoms with Crippen LogP contribution in [0, 0.1) is 12.8 Å². The molecule has 0 unspecified atom stereocenters. The van der Waals surface area contributed by atoms with Gasteiger partial charge in [0.05, 0.1) is 4.88 Å². The summed E-state index contributed by atoms with van der Waals surface area (Å²) in [6, 6.07) is 10.8. The standard InChI is InChI=1S/C22H28N2OS/c1-3-17-7-8-20-18(14-17)15-21(26-20)22(25)24-11-9-23(10-12-24)19-6-4-5-16(2)13-19/h4-6,13,15,17H,3,7-12,14H2,1-2H3/t17-/m0/s1. The molecule has 138 valence electrons. The minimum Gasteiger partial charge on any atom is -0.368 e. The summed E-state index contributed by atoms with van der Waals surface area (Å²) in [6.07, 6.45) is 4.86. The Kier molecular flexibility index (Phi) is 5.03. The maximum atomic E-state index is 13.0. The summed E-state index contributed by atoms with van der Waals surface area (Å²) in [5.74, 6) is 1.04. The summed E-state index contributed by atoms with van der Waals surface area (Å²) >= 11 is 1.74. The Morgan fingerprint density at radius 2 is 2.00 bits per heavy atom. The van der Waals surface area contributed by atoms with Crippen molar-refractivity contribution in [3.8, 4) is 0 Å². The molecule has 0 N–H and O–H groups in total. The van der Waals surface area contributed by atoms with Crippen molar-refractivity contribution in [2.45, 2.75) is 39.5 Å². The van der Waals surface area contributed by atoms with Crippen molar-refractivity contribution in [3.63, 3.8) is 0 Å². The number of hydrogen-bond acceptors (Lipinski definition) is 3. The molecule has 1 amide bonds. The summed E-state index contributed by atoms with van der Waals surface area (Å²) in [6.45, 7) is 7.86. The summed E-state index contributed by atoms with van der Waals surface area (Å²) in [4.78, 5) is 19.8. The van der Waals surface area contributed by atoms with E-state index in [9.17, 15) is 4.79 Å². The first kappa shape index (κ1) is 17.6. The number of carbonyl (C=O) groups is 1. The van der Waals surface area contributed by atoms with Crippen LogP contribution in [0.4, 0.5) is 5.69 Å². The van der Waals surface area contributed by atoms with Crippen molar-refractivity contribution in [2.24, 2.45) is 5.92 Å². The van der Waals surface area contributed by atoms with Gasteiger partial charge < -0.3 is 9.80 Å². The zero-order valence-electron chi connectivity index (χ0n) is 15.8. The Balaban J connectivity index is 1.40. The van der Waals surface area contributed by atoms with E-state index >= 15 is 0 Å². The predicted molar refractivity (Wildman–Crippen MR) is 109 cm³/mol. The number of piperazine rings is 1. The van der Waals surface area contributed by atoms with Gasteiger partial charge in [-0.05, 0) is 61.4 Å². The van der Waals surface area contributed by atoms with Crippen molar-refractivity contribution in [3.05, 3.63) is 51.2 Å². The van der Waals surface area contributed by atoms with Gasteiger partial charge in [-0.2, -0.15) is 0 Å². The Bertz CT molecular complexity index is 789. The Hall–Kier alpha value is -1.81. The lowest BCUT2D eigenvalue weighted by atomic mass is 9.87. The fourth-order valence-electron chi connectivity index (χ4n) is 4.20. The van der Waals surface area contributed by atoms with E-state index in [1.807, 2.05) is 4.90 Å². The molecular weight excluding hydrogens is 340 g/mol. The Labute approximate surface area is 160 Å². The van der Waals surface area contributed by atoms with Crippen LogP contribution in [0.2, 0.25) is 0 Å². The van der Waals surface area contributed by atoms with Gasteiger partial charge in [-0.1, -0.05) is 25.5 Å². The second-order valence-electron chi connectivity index (χ2n) is 7.69. The van der Waals surface area contributed by atoms with Crippen LogP contribution in [0.15, 0.2) is 30.3 Å². The minimum absolute atomic E-state index is 0.237. The lowest BCUT2D eigenvalue weighted by molar-refractivity contribution is 0.0751. The molecule has 2 aliphatic rings. The van der Waals surface area contributed by atoms with Crippen molar-refractivity contribution in [2.75, 3.05) is 31.1 Å². The van der Waals surface area contributed by atoms with Crippen LogP contribution in [0.5, 0.6) is 0 Å². The van der Waals surface area contributed by atoms with Gasteiger partial charge in [0.1, 0.15) is 0 Å². The van der Waals surface area contributed by atoms with Crippen molar-refractivity contribution >= 4 is 22.9 Å². The molecule has 0 radical (unpaired) electrons. The number of thiophene rings is 1. The first-order valence-corrected chi connectivity index (χ1v) is 10.7. The Morgan fingerprint density at radius 1 is 1.19 bits per heavy atom. The third kappa shape index (κ3) is 3.52. The van der Waals surface area contributed by atoms with Crippen LogP contribution in [0.3, 0.4) is 0 Å². The topological polar surface area (TPSA) is 23.6 Å². The highest BCUT2D eigenvalue weighted by molar-refractivity contribution is 7.14. The van der Waals surface area contributed by atoms with Gasteiger partial charge in [-0.3, -0.25) is 4.79 Å². The number of carbonyl (C=O) groups excluding carboxylic acids is 1. The van der Waals surface area contributed by atoms with Gasteiger partial charge in [0, 0.05) is 36.7 Å². The first-order valence-electron chi connectivity index (χ1n) is 9.86. The van der Waals surface area contributed by atoms with Gasteiger partial charge >= 0.3 is 0 Å². The van der Waals surface area contributed by atoms with E-state index in [-0.39, 0.29) is 5.91 Å².